The lowest BCUT2D eigenvalue weighted by Gasteiger charge is -2.08. The van der Waals surface area contributed by atoms with Crippen LogP contribution in [0.3, 0.4) is 0 Å². The number of nitrogens with zero attached hydrogens (tertiary/aromatic N) is 1. The zero-order valence-corrected chi connectivity index (χ0v) is 16.3. The lowest BCUT2D eigenvalue weighted by molar-refractivity contribution is -0.116. The van der Waals surface area contributed by atoms with E-state index in [0.717, 1.165) is 11.1 Å². The van der Waals surface area contributed by atoms with Crippen LogP contribution in [-0.4, -0.2) is 25.1 Å². The molecule has 29 heavy (non-hydrogen) atoms. The first-order chi connectivity index (χ1) is 14.2. The summed E-state index contributed by atoms with van der Waals surface area (Å²) >= 11 is 0. The van der Waals surface area contributed by atoms with Gasteiger partial charge >= 0.3 is 0 Å². The van der Waals surface area contributed by atoms with E-state index in [1.54, 1.807) is 44.7 Å². The number of amides is 1. The largest absolute Gasteiger partial charge is 0.493 e. The van der Waals surface area contributed by atoms with Crippen molar-refractivity contribution in [1.29, 1.82) is 0 Å². The predicted molar refractivity (Wildman–Crippen MR) is 111 cm³/mol. The van der Waals surface area contributed by atoms with Crippen molar-refractivity contribution in [2.75, 3.05) is 14.2 Å². The molecular formula is C23H22N2O4. The van der Waals surface area contributed by atoms with Crippen LogP contribution >= 0.6 is 0 Å². The molecule has 1 N–H and O–H groups in total. The van der Waals surface area contributed by atoms with Crippen LogP contribution in [0, 0.1) is 0 Å². The van der Waals surface area contributed by atoms with Gasteiger partial charge < -0.3 is 19.5 Å². The molecule has 1 amide bonds. The topological polar surface area (TPSA) is 69.7 Å². The molecule has 6 nitrogen and oxygen atoms in total. The Hall–Kier alpha value is -3.80. The van der Waals surface area contributed by atoms with E-state index in [9.17, 15) is 4.79 Å². The average molecular weight is 390 g/mol. The van der Waals surface area contributed by atoms with Crippen LogP contribution in [0.25, 0.3) is 6.08 Å². The van der Waals surface area contributed by atoms with E-state index < -0.39 is 0 Å². The smallest absolute Gasteiger partial charge is 0.244 e. The lowest BCUT2D eigenvalue weighted by Crippen LogP contribution is -2.20. The molecule has 0 saturated carbocycles. The van der Waals surface area contributed by atoms with Gasteiger partial charge in [0.15, 0.2) is 11.5 Å². The van der Waals surface area contributed by atoms with Crippen molar-refractivity contribution in [2.24, 2.45) is 0 Å². The third-order valence-electron chi connectivity index (χ3n) is 4.06. The monoisotopic (exact) mass is 390 g/mol. The van der Waals surface area contributed by atoms with Gasteiger partial charge in [-0.15, -0.1) is 0 Å². The number of ether oxygens (including phenoxy) is 3. The maximum atomic E-state index is 12.1. The summed E-state index contributed by atoms with van der Waals surface area (Å²) in [5, 5.41) is 2.86. The van der Waals surface area contributed by atoms with Crippen molar-refractivity contribution >= 4 is 12.0 Å². The van der Waals surface area contributed by atoms with Gasteiger partial charge in [-0.1, -0.05) is 24.3 Å². The predicted octanol–water partition coefficient (Wildman–Crippen LogP) is 4.22. The van der Waals surface area contributed by atoms with Crippen molar-refractivity contribution < 1.29 is 19.0 Å². The fourth-order valence-electron chi connectivity index (χ4n) is 2.62. The fourth-order valence-corrected chi connectivity index (χ4v) is 2.62. The van der Waals surface area contributed by atoms with Gasteiger partial charge in [0.05, 0.1) is 14.2 Å². The molecule has 0 saturated heterocycles. The molecule has 2 aromatic carbocycles. The van der Waals surface area contributed by atoms with Crippen LogP contribution in [0.4, 0.5) is 0 Å². The number of pyridine rings is 1. The number of aromatic nitrogens is 1. The minimum atomic E-state index is -0.198. The van der Waals surface area contributed by atoms with Gasteiger partial charge in [-0.25, -0.2) is 4.98 Å². The van der Waals surface area contributed by atoms with Crippen LogP contribution < -0.4 is 19.5 Å². The third-order valence-corrected chi connectivity index (χ3v) is 4.06. The Morgan fingerprint density at radius 3 is 2.62 bits per heavy atom. The van der Waals surface area contributed by atoms with E-state index in [2.05, 4.69) is 10.3 Å². The fraction of sp³-hybridized carbons (Fsp3) is 0.130. The van der Waals surface area contributed by atoms with Crippen molar-refractivity contribution in [2.45, 2.75) is 6.54 Å². The highest BCUT2D eigenvalue weighted by Gasteiger charge is 2.04. The molecule has 0 fully saturated rings. The zero-order chi connectivity index (χ0) is 20.5. The molecule has 0 aliphatic carbocycles. The van der Waals surface area contributed by atoms with Crippen LogP contribution in [-0.2, 0) is 11.3 Å². The lowest BCUT2D eigenvalue weighted by atomic mass is 10.2. The summed E-state index contributed by atoms with van der Waals surface area (Å²) < 4.78 is 16.2. The first-order valence-electron chi connectivity index (χ1n) is 9.03. The summed E-state index contributed by atoms with van der Waals surface area (Å²) in [5.74, 6) is 2.24. The van der Waals surface area contributed by atoms with Gasteiger partial charge in [0.2, 0.25) is 11.8 Å². The van der Waals surface area contributed by atoms with Crippen LogP contribution in [0.5, 0.6) is 23.1 Å². The summed E-state index contributed by atoms with van der Waals surface area (Å²) in [6.07, 6.45) is 4.87. The molecule has 3 rings (SSSR count). The summed E-state index contributed by atoms with van der Waals surface area (Å²) in [6.45, 7) is 0.383. The number of rotatable bonds is 8. The van der Waals surface area contributed by atoms with E-state index in [0.29, 0.717) is 29.7 Å². The number of benzene rings is 2. The molecule has 0 aliphatic rings. The summed E-state index contributed by atoms with van der Waals surface area (Å²) in [6, 6.07) is 18.4. The average Bonchev–Trinajstić information content (AvgIpc) is 2.77. The summed E-state index contributed by atoms with van der Waals surface area (Å²) in [5.41, 5.74) is 1.76. The van der Waals surface area contributed by atoms with E-state index in [1.165, 1.54) is 6.08 Å². The molecule has 6 heteroatoms. The second kappa shape index (κ2) is 9.94. The van der Waals surface area contributed by atoms with E-state index >= 15 is 0 Å². The van der Waals surface area contributed by atoms with E-state index in [1.807, 2.05) is 42.5 Å². The van der Waals surface area contributed by atoms with Crippen molar-refractivity contribution in [3.8, 4) is 23.1 Å². The van der Waals surface area contributed by atoms with Crippen molar-refractivity contribution in [3.63, 3.8) is 0 Å². The van der Waals surface area contributed by atoms with Crippen molar-refractivity contribution in [3.05, 3.63) is 84.1 Å². The molecular weight excluding hydrogens is 368 g/mol. The standard InChI is InChI=1S/C23H22N2O4/c1-27-20-11-9-17(15-21(20)28-2)10-12-22(26)25-16-18-6-5-7-19(14-18)29-23-8-3-4-13-24-23/h3-15H,16H2,1-2H3,(H,25,26)/b12-10+. The summed E-state index contributed by atoms with van der Waals surface area (Å²) in [7, 11) is 3.15. The zero-order valence-electron chi connectivity index (χ0n) is 16.3. The molecule has 0 spiro atoms. The molecule has 3 aromatic rings. The molecule has 0 atom stereocenters. The molecule has 0 radical (unpaired) electrons. The van der Waals surface area contributed by atoms with Crippen LogP contribution in [0.15, 0.2) is 72.9 Å². The minimum Gasteiger partial charge on any atom is -0.493 e. The van der Waals surface area contributed by atoms with Gasteiger partial charge in [0, 0.05) is 24.9 Å². The van der Waals surface area contributed by atoms with Crippen molar-refractivity contribution in [1.82, 2.24) is 10.3 Å². The number of carbonyl (C=O) groups excluding carboxylic acids is 1. The summed E-state index contributed by atoms with van der Waals surface area (Å²) in [4.78, 5) is 16.3. The maximum absolute atomic E-state index is 12.1. The Morgan fingerprint density at radius 2 is 1.86 bits per heavy atom. The second-order valence-corrected chi connectivity index (χ2v) is 6.08. The quantitative estimate of drug-likeness (QED) is 0.583. The van der Waals surface area contributed by atoms with Gasteiger partial charge in [-0.2, -0.15) is 0 Å². The first kappa shape index (κ1) is 19.9. The van der Waals surface area contributed by atoms with Gasteiger partial charge in [0.1, 0.15) is 5.75 Å². The Balaban J connectivity index is 1.56. The highest BCUT2D eigenvalue weighted by Crippen LogP contribution is 2.28. The van der Waals surface area contributed by atoms with E-state index in [-0.39, 0.29) is 5.91 Å². The maximum Gasteiger partial charge on any atom is 0.244 e. The Kier molecular flexibility index (Phi) is 6.84. The Morgan fingerprint density at radius 1 is 1.00 bits per heavy atom. The van der Waals surface area contributed by atoms with Crippen LogP contribution in [0.2, 0.25) is 0 Å². The molecule has 0 aliphatic heterocycles. The first-order valence-corrected chi connectivity index (χ1v) is 9.03. The van der Waals surface area contributed by atoms with Gasteiger partial charge in [-0.05, 0) is 47.5 Å². The SMILES string of the molecule is COc1ccc(/C=C/C(=O)NCc2cccc(Oc3ccccn3)c2)cc1OC. The second-order valence-electron chi connectivity index (χ2n) is 6.08. The highest BCUT2D eigenvalue weighted by molar-refractivity contribution is 5.91. The van der Waals surface area contributed by atoms with E-state index in [4.69, 9.17) is 14.2 Å². The Bertz CT molecular complexity index is 987. The molecule has 1 heterocycles. The molecule has 0 unspecified atom stereocenters. The van der Waals surface area contributed by atoms with Crippen LogP contribution in [0.1, 0.15) is 11.1 Å². The number of hydrogen-bond donors (Lipinski definition) is 1. The number of methoxy groups -OCH3 is 2. The molecule has 148 valence electrons. The number of nitrogens with one attached hydrogen (secondary N) is 1. The highest BCUT2D eigenvalue weighted by atomic mass is 16.5. The molecule has 1 aromatic heterocycles. The van der Waals surface area contributed by atoms with Gasteiger partial charge in [-0.3, -0.25) is 4.79 Å². The number of carbonyl (C=O) groups is 1. The number of hydrogen-bond acceptors (Lipinski definition) is 5. The normalized spacial score (nSPS) is 10.6. The minimum absolute atomic E-state index is 0.198. The Labute approximate surface area is 169 Å². The molecule has 0 bridgehead atoms. The van der Waals surface area contributed by atoms with Gasteiger partial charge in [0.25, 0.3) is 0 Å². The third kappa shape index (κ3) is 5.84.